The molecule has 0 aliphatic heterocycles. The van der Waals surface area contributed by atoms with Gasteiger partial charge < -0.3 is 0 Å². The molecule has 0 nitrogen and oxygen atoms in total. The summed E-state index contributed by atoms with van der Waals surface area (Å²) in [7, 11) is 0. The van der Waals surface area contributed by atoms with Crippen molar-refractivity contribution in [3.05, 3.63) is 34.3 Å². The minimum Gasteiger partial charge on any atom is -0.0619 e. The summed E-state index contributed by atoms with van der Waals surface area (Å²) < 4.78 is 1.31. The zero-order valence-electron chi connectivity index (χ0n) is 7.54. The van der Waals surface area contributed by atoms with E-state index in [1.54, 1.807) is 5.56 Å². The monoisotopic (exact) mass is 236 g/mol. The number of halogens is 1. The van der Waals surface area contributed by atoms with Gasteiger partial charge in [-0.15, -0.1) is 0 Å². The van der Waals surface area contributed by atoms with Gasteiger partial charge >= 0.3 is 0 Å². The van der Waals surface area contributed by atoms with E-state index < -0.39 is 0 Å². The van der Waals surface area contributed by atoms with Crippen LogP contribution in [0.1, 0.15) is 30.7 Å². The Bertz CT molecular complexity index is 328. The van der Waals surface area contributed by atoms with E-state index in [9.17, 15) is 0 Å². The first kappa shape index (κ1) is 8.05. The van der Waals surface area contributed by atoms with Crippen LogP contribution in [0.2, 0.25) is 0 Å². The molecule has 0 amide bonds. The normalized spacial score (nSPS) is 31.8. The van der Waals surface area contributed by atoms with Crippen molar-refractivity contribution in [3.8, 4) is 0 Å². The molecule has 2 aliphatic carbocycles. The van der Waals surface area contributed by atoms with Crippen LogP contribution in [0.15, 0.2) is 28.7 Å². The maximum atomic E-state index is 3.63. The Morgan fingerprint density at radius 1 is 1.15 bits per heavy atom. The second kappa shape index (κ2) is 2.84. The van der Waals surface area contributed by atoms with Crippen molar-refractivity contribution in [1.29, 1.82) is 0 Å². The molecule has 0 N–H and O–H groups in total. The van der Waals surface area contributed by atoms with E-state index in [1.807, 2.05) is 0 Å². The molecule has 0 heterocycles. The van der Waals surface area contributed by atoms with Crippen molar-refractivity contribution in [3.63, 3.8) is 0 Å². The van der Waals surface area contributed by atoms with Gasteiger partial charge in [-0.1, -0.05) is 34.1 Å². The van der Waals surface area contributed by atoms with Crippen molar-refractivity contribution in [1.82, 2.24) is 0 Å². The van der Waals surface area contributed by atoms with Crippen LogP contribution in [0.25, 0.3) is 0 Å². The van der Waals surface area contributed by atoms with Crippen LogP contribution < -0.4 is 0 Å². The number of hydrogen-bond donors (Lipinski definition) is 0. The Morgan fingerprint density at radius 2 is 1.92 bits per heavy atom. The fourth-order valence-corrected chi connectivity index (χ4v) is 2.97. The van der Waals surface area contributed by atoms with Gasteiger partial charge in [0.25, 0.3) is 0 Å². The molecule has 2 aliphatic rings. The van der Waals surface area contributed by atoms with Gasteiger partial charge in [0.1, 0.15) is 0 Å². The van der Waals surface area contributed by atoms with Gasteiger partial charge in [-0.25, -0.2) is 0 Å². The number of rotatable bonds is 2. The van der Waals surface area contributed by atoms with Gasteiger partial charge in [0.15, 0.2) is 0 Å². The topological polar surface area (TPSA) is 0 Å². The lowest BCUT2D eigenvalue weighted by Crippen LogP contribution is -1.86. The molecule has 0 aromatic heterocycles. The second-order valence-electron chi connectivity index (χ2n) is 4.36. The highest BCUT2D eigenvalue weighted by atomic mass is 79.9. The smallest absolute Gasteiger partial charge is 0.0210 e. The Balaban J connectivity index is 1.82. The molecule has 2 atom stereocenters. The molecule has 0 bridgehead atoms. The maximum absolute atomic E-state index is 3.63. The molecule has 0 unspecified atom stereocenters. The van der Waals surface area contributed by atoms with E-state index >= 15 is 0 Å². The first-order chi connectivity index (χ1) is 6.36. The van der Waals surface area contributed by atoms with Crippen LogP contribution in [-0.2, 0) is 0 Å². The number of benzene rings is 1. The molecule has 0 saturated heterocycles. The molecule has 1 aromatic rings. The lowest BCUT2D eigenvalue weighted by molar-refractivity contribution is 0.689. The average Bonchev–Trinajstić information content (AvgIpc) is 3.00. The standard InChI is InChI=1S/C12H13Br/c13-12-4-2-1-3-9(12)11-7-10(11)8-5-6-8/h1-4,8,10-11H,5-7H2/t10-,11+/m1/s1. The third kappa shape index (κ3) is 1.43. The average molecular weight is 237 g/mol. The molecule has 0 radical (unpaired) electrons. The summed E-state index contributed by atoms with van der Waals surface area (Å²) in [5, 5.41) is 0. The van der Waals surface area contributed by atoms with Gasteiger partial charge in [-0.3, -0.25) is 0 Å². The molecule has 1 aromatic carbocycles. The highest BCUT2D eigenvalue weighted by molar-refractivity contribution is 9.10. The zero-order valence-corrected chi connectivity index (χ0v) is 9.13. The highest BCUT2D eigenvalue weighted by Crippen LogP contribution is 2.60. The van der Waals surface area contributed by atoms with Crippen LogP contribution in [0.4, 0.5) is 0 Å². The van der Waals surface area contributed by atoms with Crippen molar-refractivity contribution in [2.75, 3.05) is 0 Å². The molecule has 3 rings (SSSR count). The van der Waals surface area contributed by atoms with E-state index in [0.717, 1.165) is 17.8 Å². The van der Waals surface area contributed by atoms with Crippen molar-refractivity contribution in [2.24, 2.45) is 11.8 Å². The van der Waals surface area contributed by atoms with Gasteiger partial charge in [0.05, 0.1) is 0 Å². The summed E-state index contributed by atoms with van der Waals surface area (Å²) in [5.41, 5.74) is 1.54. The lowest BCUT2D eigenvalue weighted by atomic mass is 10.1. The SMILES string of the molecule is Brc1ccccc1[C@@H]1C[C@@H]1C1CC1. The molecule has 1 heteroatoms. The molecular formula is C12H13Br. The third-order valence-electron chi connectivity index (χ3n) is 3.37. The second-order valence-corrected chi connectivity index (χ2v) is 5.22. The Kier molecular flexibility index (Phi) is 1.76. The van der Waals surface area contributed by atoms with Crippen molar-refractivity contribution >= 4 is 15.9 Å². The van der Waals surface area contributed by atoms with E-state index in [2.05, 4.69) is 40.2 Å². The van der Waals surface area contributed by atoms with Crippen molar-refractivity contribution in [2.45, 2.75) is 25.2 Å². The van der Waals surface area contributed by atoms with Gasteiger partial charge in [-0.2, -0.15) is 0 Å². The van der Waals surface area contributed by atoms with Gasteiger partial charge in [0, 0.05) is 4.47 Å². The van der Waals surface area contributed by atoms with E-state index in [-0.39, 0.29) is 0 Å². The predicted octanol–water partition coefficient (Wildman–Crippen LogP) is 3.96. The molecule has 2 fully saturated rings. The van der Waals surface area contributed by atoms with E-state index in [4.69, 9.17) is 0 Å². The summed E-state index contributed by atoms with van der Waals surface area (Å²) in [6, 6.07) is 8.69. The molecular weight excluding hydrogens is 224 g/mol. The predicted molar refractivity (Wildman–Crippen MR) is 57.7 cm³/mol. The first-order valence-electron chi connectivity index (χ1n) is 5.10. The molecule has 0 spiro atoms. The summed E-state index contributed by atoms with van der Waals surface area (Å²) in [6.07, 6.45) is 4.42. The number of hydrogen-bond acceptors (Lipinski definition) is 0. The fraction of sp³-hybridized carbons (Fsp3) is 0.500. The van der Waals surface area contributed by atoms with Crippen LogP contribution in [0.3, 0.4) is 0 Å². The van der Waals surface area contributed by atoms with Crippen LogP contribution in [0, 0.1) is 11.8 Å². The van der Waals surface area contributed by atoms with E-state index in [1.165, 1.54) is 23.7 Å². The zero-order chi connectivity index (χ0) is 8.84. The Hall–Kier alpha value is -0.300. The quantitative estimate of drug-likeness (QED) is 0.730. The largest absolute Gasteiger partial charge is 0.0619 e. The minimum atomic E-state index is 0.878. The van der Waals surface area contributed by atoms with Gasteiger partial charge in [-0.05, 0) is 48.6 Å². The van der Waals surface area contributed by atoms with Crippen molar-refractivity contribution < 1.29 is 0 Å². The van der Waals surface area contributed by atoms with Crippen LogP contribution in [0.5, 0.6) is 0 Å². The highest BCUT2D eigenvalue weighted by Gasteiger charge is 2.48. The minimum absolute atomic E-state index is 0.878. The third-order valence-corrected chi connectivity index (χ3v) is 4.09. The fourth-order valence-electron chi connectivity index (χ4n) is 2.39. The molecule has 2 saturated carbocycles. The molecule has 68 valence electrons. The summed E-state index contributed by atoms with van der Waals surface area (Å²) in [4.78, 5) is 0. The Morgan fingerprint density at radius 3 is 2.62 bits per heavy atom. The first-order valence-corrected chi connectivity index (χ1v) is 5.90. The van der Waals surface area contributed by atoms with Crippen LogP contribution >= 0.6 is 15.9 Å². The molecule has 13 heavy (non-hydrogen) atoms. The van der Waals surface area contributed by atoms with Crippen LogP contribution in [-0.4, -0.2) is 0 Å². The summed E-state index contributed by atoms with van der Waals surface area (Å²) in [6.45, 7) is 0. The van der Waals surface area contributed by atoms with Gasteiger partial charge in [0.2, 0.25) is 0 Å². The lowest BCUT2D eigenvalue weighted by Gasteiger charge is -2.01. The Labute approximate surface area is 87.5 Å². The maximum Gasteiger partial charge on any atom is 0.0210 e. The van der Waals surface area contributed by atoms with E-state index in [0.29, 0.717) is 0 Å². The summed E-state index contributed by atoms with van der Waals surface area (Å²) in [5.74, 6) is 2.99. The summed E-state index contributed by atoms with van der Waals surface area (Å²) >= 11 is 3.63.